The molecule has 0 saturated carbocycles. The van der Waals surface area contributed by atoms with E-state index >= 15 is 0 Å². The Morgan fingerprint density at radius 3 is 1.94 bits per heavy atom. The molecule has 2 aliphatic heterocycles. The number of rotatable bonds is 13. The van der Waals surface area contributed by atoms with E-state index in [1.54, 1.807) is 20.8 Å². The van der Waals surface area contributed by atoms with Gasteiger partial charge >= 0.3 is 6.09 Å². The standard InChI is InChI=1S/C38H56N4O5/c1-27(2)34(36(45)42-22-18-31(19-23-42)41-20-12-13-21-41)40-35(44)30(24-28-14-8-6-9-15-28)26-33(43)32(25-29-16-10-7-11-17-29)39-37(46)47-38(3,4)5/h6-11,14-17,27,30-34,43H,12-13,18-26H2,1-5H3,(H,39,46)(H,40,44)/t30-,32+,33-,34-/m0/s1. The third kappa shape index (κ3) is 11.4. The average molecular weight is 649 g/mol. The average Bonchev–Trinajstić information content (AvgIpc) is 3.58. The summed E-state index contributed by atoms with van der Waals surface area (Å²) in [6.45, 7) is 13.0. The van der Waals surface area contributed by atoms with Crippen molar-refractivity contribution in [3.8, 4) is 0 Å². The molecule has 4 rings (SSSR count). The Labute approximate surface area is 281 Å². The van der Waals surface area contributed by atoms with Gasteiger partial charge in [0, 0.05) is 25.0 Å². The van der Waals surface area contributed by atoms with Gasteiger partial charge in [-0.3, -0.25) is 9.59 Å². The highest BCUT2D eigenvalue weighted by molar-refractivity contribution is 5.89. The Bertz CT molecular complexity index is 1270. The van der Waals surface area contributed by atoms with Crippen LogP contribution >= 0.6 is 0 Å². The van der Waals surface area contributed by atoms with Gasteiger partial charge < -0.3 is 30.3 Å². The predicted octanol–water partition coefficient (Wildman–Crippen LogP) is 4.96. The molecule has 4 atom stereocenters. The molecule has 258 valence electrons. The van der Waals surface area contributed by atoms with Crippen LogP contribution in [0, 0.1) is 11.8 Å². The maximum atomic E-state index is 14.1. The third-order valence-corrected chi connectivity index (χ3v) is 9.35. The lowest BCUT2D eigenvalue weighted by atomic mass is 9.88. The summed E-state index contributed by atoms with van der Waals surface area (Å²) >= 11 is 0. The van der Waals surface area contributed by atoms with Gasteiger partial charge in [-0.25, -0.2) is 4.79 Å². The fourth-order valence-corrected chi connectivity index (χ4v) is 6.79. The van der Waals surface area contributed by atoms with Crippen LogP contribution in [0.2, 0.25) is 0 Å². The summed E-state index contributed by atoms with van der Waals surface area (Å²) in [5.74, 6) is -1.06. The van der Waals surface area contributed by atoms with E-state index in [9.17, 15) is 19.5 Å². The topological polar surface area (TPSA) is 111 Å². The molecule has 0 unspecified atom stereocenters. The van der Waals surface area contributed by atoms with Gasteiger partial charge in [0.2, 0.25) is 11.8 Å². The fourth-order valence-electron chi connectivity index (χ4n) is 6.79. The highest BCUT2D eigenvalue weighted by Gasteiger charge is 2.36. The second kappa shape index (κ2) is 17.1. The minimum Gasteiger partial charge on any atom is -0.444 e. The summed E-state index contributed by atoms with van der Waals surface area (Å²) < 4.78 is 5.52. The van der Waals surface area contributed by atoms with Gasteiger partial charge in [-0.1, -0.05) is 74.5 Å². The SMILES string of the molecule is CC(C)[C@H](NC(=O)[C@@H](Cc1ccccc1)C[C@H](O)[C@@H](Cc1ccccc1)NC(=O)OC(C)(C)C)C(=O)N1CCC(N2CCCC2)CC1. The zero-order valence-corrected chi connectivity index (χ0v) is 29.0. The minimum atomic E-state index is -1.06. The first-order valence-electron chi connectivity index (χ1n) is 17.5. The first-order chi connectivity index (χ1) is 22.4. The molecule has 47 heavy (non-hydrogen) atoms. The number of amides is 3. The Morgan fingerprint density at radius 2 is 1.40 bits per heavy atom. The molecular weight excluding hydrogens is 592 g/mol. The molecule has 0 aliphatic carbocycles. The molecule has 2 aliphatic rings. The molecule has 9 heteroatoms. The number of hydrogen-bond acceptors (Lipinski definition) is 6. The summed E-state index contributed by atoms with van der Waals surface area (Å²) in [5, 5.41) is 17.6. The maximum absolute atomic E-state index is 14.1. The molecule has 0 bridgehead atoms. The van der Waals surface area contributed by atoms with Gasteiger partial charge in [0.05, 0.1) is 12.1 Å². The van der Waals surface area contributed by atoms with E-state index < -0.39 is 35.8 Å². The molecule has 0 spiro atoms. The van der Waals surface area contributed by atoms with Gasteiger partial charge in [-0.2, -0.15) is 0 Å². The normalized spacial score (nSPS) is 18.7. The first kappa shape index (κ1) is 36.4. The zero-order chi connectivity index (χ0) is 34.0. The largest absolute Gasteiger partial charge is 0.444 e. The summed E-state index contributed by atoms with van der Waals surface area (Å²) in [6, 6.07) is 18.5. The number of piperidine rings is 1. The van der Waals surface area contributed by atoms with Crippen molar-refractivity contribution in [3.05, 3.63) is 71.8 Å². The quantitative estimate of drug-likeness (QED) is 0.283. The Morgan fingerprint density at radius 1 is 0.851 bits per heavy atom. The Hall–Kier alpha value is -3.43. The van der Waals surface area contributed by atoms with Crippen molar-refractivity contribution in [2.24, 2.45) is 11.8 Å². The number of nitrogens with one attached hydrogen (secondary N) is 2. The van der Waals surface area contributed by atoms with E-state index in [2.05, 4.69) is 15.5 Å². The zero-order valence-electron chi connectivity index (χ0n) is 29.0. The van der Waals surface area contributed by atoms with Crippen molar-refractivity contribution in [2.45, 2.75) is 109 Å². The number of carbonyl (C=O) groups excluding carboxylic acids is 3. The van der Waals surface area contributed by atoms with E-state index in [1.807, 2.05) is 79.4 Å². The lowest BCUT2D eigenvalue weighted by Gasteiger charge is -2.39. The summed E-state index contributed by atoms with van der Waals surface area (Å²) in [5.41, 5.74) is 1.19. The molecule has 2 aromatic carbocycles. The van der Waals surface area contributed by atoms with Gasteiger partial charge in [-0.05, 0) is 95.9 Å². The molecular formula is C38H56N4O5. The van der Waals surface area contributed by atoms with Crippen LogP contribution in [0.25, 0.3) is 0 Å². The Balaban J connectivity index is 1.48. The van der Waals surface area contributed by atoms with Gasteiger partial charge in [0.15, 0.2) is 0 Å². The van der Waals surface area contributed by atoms with E-state index in [1.165, 1.54) is 12.8 Å². The molecule has 2 aromatic rings. The second-order valence-corrected chi connectivity index (χ2v) is 14.7. The van der Waals surface area contributed by atoms with Gasteiger partial charge in [0.25, 0.3) is 0 Å². The molecule has 3 amide bonds. The van der Waals surface area contributed by atoms with Gasteiger partial charge in [-0.15, -0.1) is 0 Å². The number of benzene rings is 2. The number of carbonyl (C=O) groups is 3. The molecule has 9 nitrogen and oxygen atoms in total. The molecule has 2 heterocycles. The van der Waals surface area contributed by atoms with E-state index in [4.69, 9.17) is 4.74 Å². The smallest absolute Gasteiger partial charge is 0.407 e. The van der Waals surface area contributed by atoms with Crippen LogP contribution in [0.1, 0.15) is 77.8 Å². The van der Waals surface area contributed by atoms with Crippen molar-refractivity contribution in [2.75, 3.05) is 26.2 Å². The summed E-state index contributed by atoms with van der Waals surface area (Å²) in [7, 11) is 0. The maximum Gasteiger partial charge on any atom is 0.407 e. The van der Waals surface area contributed by atoms with Crippen LogP contribution in [-0.4, -0.2) is 88.8 Å². The summed E-state index contributed by atoms with van der Waals surface area (Å²) in [4.78, 5) is 45.3. The van der Waals surface area contributed by atoms with E-state index in [0.29, 0.717) is 32.0 Å². The third-order valence-electron chi connectivity index (χ3n) is 9.35. The fraction of sp³-hybridized carbons (Fsp3) is 0.605. The van der Waals surface area contributed by atoms with Crippen LogP contribution < -0.4 is 10.6 Å². The molecule has 3 N–H and O–H groups in total. The first-order valence-corrected chi connectivity index (χ1v) is 17.5. The van der Waals surface area contributed by atoms with Crippen molar-refractivity contribution >= 4 is 17.9 Å². The van der Waals surface area contributed by atoms with Gasteiger partial charge in [0.1, 0.15) is 11.6 Å². The number of nitrogens with zero attached hydrogens (tertiary/aromatic N) is 2. The number of aliphatic hydroxyl groups is 1. The number of aliphatic hydroxyl groups excluding tert-OH is 1. The van der Waals surface area contributed by atoms with Crippen molar-refractivity contribution in [3.63, 3.8) is 0 Å². The lowest BCUT2D eigenvalue weighted by molar-refractivity contribution is -0.140. The number of alkyl carbamates (subject to hydrolysis) is 1. The van der Waals surface area contributed by atoms with Crippen molar-refractivity contribution < 1.29 is 24.2 Å². The van der Waals surface area contributed by atoms with Crippen LogP contribution in [-0.2, 0) is 27.2 Å². The van der Waals surface area contributed by atoms with Crippen molar-refractivity contribution in [1.82, 2.24) is 20.4 Å². The molecule has 0 aromatic heterocycles. The predicted molar refractivity (Wildman–Crippen MR) is 185 cm³/mol. The van der Waals surface area contributed by atoms with Crippen LogP contribution in [0.4, 0.5) is 4.79 Å². The second-order valence-electron chi connectivity index (χ2n) is 14.7. The van der Waals surface area contributed by atoms with E-state index in [0.717, 1.165) is 37.1 Å². The summed E-state index contributed by atoms with van der Waals surface area (Å²) in [6.07, 6.45) is 3.58. The van der Waals surface area contributed by atoms with Crippen LogP contribution in [0.3, 0.4) is 0 Å². The molecule has 0 radical (unpaired) electrons. The number of hydrogen-bond donors (Lipinski definition) is 3. The minimum absolute atomic E-state index is 0.0409. The van der Waals surface area contributed by atoms with Crippen molar-refractivity contribution in [1.29, 1.82) is 0 Å². The number of ether oxygens (including phenoxy) is 1. The van der Waals surface area contributed by atoms with E-state index in [-0.39, 0.29) is 24.2 Å². The van der Waals surface area contributed by atoms with Crippen LogP contribution in [0.15, 0.2) is 60.7 Å². The monoisotopic (exact) mass is 648 g/mol. The lowest BCUT2D eigenvalue weighted by Crippen LogP contribution is -2.56. The Kier molecular flexibility index (Phi) is 13.3. The highest BCUT2D eigenvalue weighted by Crippen LogP contribution is 2.24. The molecule has 2 saturated heterocycles. The number of likely N-dealkylation sites (tertiary alicyclic amines) is 2. The van der Waals surface area contributed by atoms with Crippen LogP contribution in [0.5, 0.6) is 0 Å². The molecule has 2 fully saturated rings. The highest BCUT2D eigenvalue weighted by atomic mass is 16.6.